The van der Waals surface area contributed by atoms with Gasteiger partial charge in [-0.25, -0.2) is 0 Å². The van der Waals surface area contributed by atoms with Gasteiger partial charge < -0.3 is 10.0 Å². The minimum absolute atomic E-state index is 0.461. The summed E-state index contributed by atoms with van der Waals surface area (Å²) < 4.78 is 0. The van der Waals surface area contributed by atoms with Crippen LogP contribution >= 0.6 is 0 Å². The molecule has 3 fully saturated rings. The van der Waals surface area contributed by atoms with E-state index < -0.39 is 11.4 Å². The molecule has 3 rings (SSSR count). The molecular weight excluding hydrogens is 252 g/mol. The Balaban J connectivity index is 1.67. The fourth-order valence-electron chi connectivity index (χ4n) is 4.86. The van der Waals surface area contributed by atoms with Gasteiger partial charge in [-0.05, 0) is 52.1 Å². The third kappa shape index (κ3) is 2.27. The van der Waals surface area contributed by atoms with Crippen molar-refractivity contribution in [2.45, 2.75) is 70.0 Å². The minimum atomic E-state index is -0.572. The van der Waals surface area contributed by atoms with Gasteiger partial charge in [-0.1, -0.05) is 13.3 Å². The molecule has 0 aliphatic carbocycles. The normalized spacial score (nSPS) is 42.2. The lowest BCUT2D eigenvalue weighted by atomic mass is 9.82. The van der Waals surface area contributed by atoms with E-state index in [1.165, 1.54) is 25.7 Å². The van der Waals surface area contributed by atoms with Gasteiger partial charge in [-0.2, -0.15) is 0 Å². The van der Waals surface area contributed by atoms with E-state index in [9.17, 15) is 9.90 Å². The predicted octanol–water partition coefficient (Wildman–Crippen LogP) is 2.19. The summed E-state index contributed by atoms with van der Waals surface area (Å²) in [7, 11) is 2.27. The molecule has 0 radical (unpaired) electrons. The molecule has 0 aromatic heterocycles. The third-order valence-corrected chi connectivity index (χ3v) is 6.16. The first-order chi connectivity index (χ1) is 9.55. The monoisotopic (exact) mass is 280 g/mol. The Hall–Kier alpha value is -0.610. The summed E-state index contributed by atoms with van der Waals surface area (Å²) in [5, 5.41) is 9.63. The SMILES string of the molecule is CCCC1(C(=O)O)CCN(C2CC3CCC(C2)N3C)C1. The Morgan fingerprint density at radius 1 is 1.25 bits per heavy atom. The highest BCUT2D eigenvalue weighted by atomic mass is 16.4. The minimum Gasteiger partial charge on any atom is -0.481 e. The maximum Gasteiger partial charge on any atom is 0.310 e. The molecule has 1 N–H and O–H groups in total. The first-order valence-electron chi connectivity index (χ1n) is 8.25. The lowest BCUT2D eigenvalue weighted by Crippen LogP contribution is -2.49. The molecule has 0 spiro atoms. The summed E-state index contributed by atoms with van der Waals surface area (Å²) in [6.45, 7) is 3.87. The Morgan fingerprint density at radius 2 is 1.90 bits per heavy atom. The molecule has 2 bridgehead atoms. The molecule has 0 aromatic carbocycles. The fourth-order valence-corrected chi connectivity index (χ4v) is 4.86. The average Bonchev–Trinajstić information content (AvgIpc) is 2.90. The molecule has 3 aliphatic rings. The number of piperidine rings is 1. The fraction of sp³-hybridized carbons (Fsp3) is 0.938. The first-order valence-corrected chi connectivity index (χ1v) is 8.25. The number of aliphatic carboxylic acids is 1. The van der Waals surface area contributed by atoms with Crippen molar-refractivity contribution in [3.05, 3.63) is 0 Å². The van der Waals surface area contributed by atoms with Crippen LogP contribution in [0.5, 0.6) is 0 Å². The van der Waals surface area contributed by atoms with Gasteiger partial charge in [0.25, 0.3) is 0 Å². The van der Waals surface area contributed by atoms with Gasteiger partial charge in [-0.3, -0.25) is 9.69 Å². The summed E-state index contributed by atoms with van der Waals surface area (Å²) in [6.07, 6.45) is 7.81. The zero-order valence-corrected chi connectivity index (χ0v) is 12.8. The van der Waals surface area contributed by atoms with E-state index in [1.54, 1.807) is 0 Å². The molecule has 3 heterocycles. The second kappa shape index (κ2) is 5.30. The van der Waals surface area contributed by atoms with E-state index in [0.29, 0.717) is 6.04 Å². The maximum absolute atomic E-state index is 11.7. The number of carboxylic acid groups (broad SMARTS) is 1. The van der Waals surface area contributed by atoms with Crippen molar-refractivity contribution >= 4 is 5.97 Å². The molecule has 3 unspecified atom stereocenters. The van der Waals surface area contributed by atoms with Gasteiger partial charge in [0, 0.05) is 24.7 Å². The summed E-state index contributed by atoms with van der Waals surface area (Å²) in [5.41, 5.74) is -0.461. The number of hydrogen-bond donors (Lipinski definition) is 1. The number of carbonyl (C=O) groups is 1. The van der Waals surface area contributed by atoms with E-state index in [2.05, 4.69) is 23.8 Å². The molecule has 0 amide bonds. The van der Waals surface area contributed by atoms with Gasteiger partial charge in [-0.15, -0.1) is 0 Å². The van der Waals surface area contributed by atoms with Gasteiger partial charge in [0.05, 0.1) is 5.41 Å². The quantitative estimate of drug-likeness (QED) is 0.857. The standard InChI is InChI=1S/C16H28N2O2/c1-3-6-16(15(19)20)7-8-18(11-16)14-9-12-4-5-13(10-14)17(12)2/h12-14H,3-11H2,1-2H3,(H,19,20). The van der Waals surface area contributed by atoms with Crippen molar-refractivity contribution < 1.29 is 9.90 Å². The Labute approximate surface area is 122 Å². The Morgan fingerprint density at radius 3 is 2.45 bits per heavy atom. The molecule has 20 heavy (non-hydrogen) atoms. The van der Waals surface area contributed by atoms with Crippen LogP contribution in [-0.2, 0) is 4.79 Å². The van der Waals surface area contributed by atoms with E-state index in [-0.39, 0.29) is 0 Å². The lowest BCUT2D eigenvalue weighted by Gasteiger charge is -2.40. The molecule has 3 aliphatic heterocycles. The molecule has 4 nitrogen and oxygen atoms in total. The largest absolute Gasteiger partial charge is 0.481 e. The molecule has 0 aromatic rings. The van der Waals surface area contributed by atoms with Crippen molar-refractivity contribution in [3.63, 3.8) is 0 Å². The van der Waals surface area contributed by atoms with Gasteiger partial charge in [0.2, 0.25) is 0 Å². The predicted molar refractivity (Wildman–Crippen MR) is 78.8 cm³/mol. The molecule has 114 valence electrons. The summed E-state index contributed by atoms with van der Waals surface area (Å²) in [4.78, 5) is 16.8. The highest BCUT2D eigenvalue weighted by Crippen LogP contribution is 2.41. The van der Waals surface area contributed by atoms with Crippen LogP contribution in [0.15, 0.2) is 0 Å². The van der Waals surface area contributed by atoms with Crippen LogP contribution < -0.4 is 0 Å². The second-order valence-corrected chi connectivity index (χ2v) is 7.23. The van der Waals surface area contributed by atoms with Crippen LogP contribution in [0.3, 0.4) is 0 Å². The van der Waals surface area contributed by atoms with Crippen LogP contribution in [0.1, 0.15) is 51.9 Å². The van der Waals surface area contributed by atoms with Crippen molar-refractivity contribution in [3.8, 4) is 0 Å². The van der Waals surface area contributed by atoms with Crippen LogP contribution in [-0.4, -0.2) is 59.1 Å². The van der Waals surface area contributed by atoms with Crippen LogP contribution in [0.2, 0.25) is 0 Å². The van der Waals surface area contributed by atoms with Crippen molar-refractivity contribution in [1.82, 2.24) is 9.80 Å². The lowest BCUT2D eigenvalue weighted by molar-refractivity contribution is -0.148. The second-order valence-electron chi connectivity index (χ2n) is 7.23. The summed E-state index contributed by atoms with van der Waals surface area (Å²) >= 11 is 0. The van der Waals surface area contributed by atoms with E-state index in [1.807, 2.05) is 0 Å². The zero-order valence-electron chi connectivity index (χ0n) is 12.8. The molecule has 4 heteroatoms. The van der Waals surface area contributed by atoms with Gasteiger partial charge >= 0.3 is 5.97 Å². The zero-order chi connectivity index (χ0) is 14.3. The number of fused-ring (bicyclic) bond motifs is 2. The third-order valence-electron chi connectivity index (χ3n) is 6.16. The topological polar surface area (TPSA) is 43.8 Å². The van der Waals surface area contributed by atoms with E-state index in [0.717, 1.165) is 44.4 Å². The molecule has 3 saturated heterocycles. The smallest absolute Gasteiger partial charge is 0.310 e. The first kappa shape index (κ1) is 14.3. The van der Waals surface area contributed by atoms with Crippen LogP contribution in [0.4, 0.5) is 0 Å². The molecule has 0 saturated carbocycles. The average molecular weight is 280 g/mol. The van der Waals surface area contributed by atoms with E-state index >= 15 is 0 Å². The van der Waals surface area contributed by atoms with E-state index in [4.69, 9.17) is 0 Å². The van der Waals surface area contributed by atoms with Gasteiger partial charge in [0.15, 0.2) is 0 Å². The van der Waals surface area contributed by atoms with Crippen molar-refractivity contribution in [1.29, 1.82) is 0 Å². The number of rotatable bonds is 4. The van der Waals surface area contributed by atoms with Crippen molar-refractivity contribution in [2.75, 3.05) is 20.1 Å². The van der Waals surface area contributed by atoms with Crippen molar-refractivity contribution in [2.24, 2.45) is 5.41 Å². The van der Waals surface area contributed by atoms with Gasteiger partial charge in [0.1, 0.15) is 0 Å². The highest BCUT2D eigenvalue weighted by molar-refractivity contribution is 5.75. The Kier molecular flexibility index (Phi) is 3.80. The summed E-state index contributed by atoms with van der Waals surface area (Å²) in [6, 6.07) is 2.11. The Bertz CT molecular complexity index is 373. The van der Waals surface area contributed by atoms with Crippen LogP contribution in [0.25, 0.3) is 0 Å². The molecule has 3 atom stereocenters. The van der Waals surface area contributed by atoms with Crippen LogP contribution in [0, 0.1) is 5.41 Å². The molecular formula is C16H28N2O2. The number of hydrogen-bond acceptors (Lipinski definition) is 3. The highest BCUT2D eigenvalue weighted by Gasteiger charge is 2.48. The maximum atomic E-state index is 11.7. The number of likely N-dealkylation sites (tertiary alicyclic amines) is 1. The number of carboxylic acids is 1. The number of nitrogens with zero attached hydrogens (tertiary/aromatic N) is 2. The summed E-state index contributed by atoms with van der Waals surface area (Å²) in [5.74, 6) is -0.572.